The quantitative estimate of drug-likeness (QED) is 0.175. The van der Waals surface area contributed by atoms with E-state index in [4.69, 9.17) is 0 Å². The van der Waals surface area contributed by atoms with Gasteiger partial charge in [0.05, 0.1) is 4.90 Å². The first-order valence-corrected chi connectivity index (χ1v) is 15.8. The van der Waals surface area contributed by atoms with Crippen molar-refractivity contribution < 1.29 is 17.8 Å². The van der Waals surface area contributed by atoms with Gasteiger partial charge in [-0.2, -0.15) is 0 Å². The van der Waals surface area contributed by atoms with E-state index in [0.717, 1.165) is 5.56 Å². The third-order valence-electron chi connectivity index (χ3n) is 6.75. The van der Waals surface area contributed by atoms with E-state index in [9.17, 15) is 13.2 Å². The highest BCUT2D eigenvalue weighted by Gasteiger charge is 2.41. The van der Waals surface area contributed by atoms with E-state index in [1.807, 2.05) is 43.3 Å². The number of aryl methyl sites for hydroxylation is 1. The van der Waals surface area contributed by atoms with E-state index in [1.165, 1.54) is 12.1 Å². The Bertz CT molecular complexity index is 1710. The highest BCUT2D eigenvalue weighted by atomic mass is 32.2. The summed E-state index contributed by atoms with van der Waals surface area (Å²) in [6.45, 7) is 1.87. The van der Waals surface area contributed by atoms with E-state index in [0.29, 0.717) is 15.9 Å². The molecule has 0 heterocycles. The zero-order chi connectivity index (χ0) is 27.5. The Labute approximate surface area is 229 Å². The monoisotopic (exact) mass is 550 g/mol. The lowest BCUT2D eigenvalue weighted by Gasteiger charge is -2.26. The maximum atomic E-state index is 15.3. The second-order valence-corrected chi connectivity index (χ2v) is 14.1. The summed E-state index contributed by atoms with van der Waals surface area (Å²) in [5.74, 6) is -0.573. The molecule has 0 aliphatic rings. The molecule has 0 aliphatic heterocycles. The topological polar surface area (TPSA) is 68.3 Å². The van der Waals surface area contributed by atoms with Gasteiger partial charge in [-0.05, 0) is 24.6 Å². The molecule has 1 unspecified atom stereocenters. The molecule has 0 N–H and O–H groups in total. The van der Waals surface area contributed by atoms with Crippen LogP contribution in [-0.2, 0) is 14.4 Å². The van der Waals surface area contributed by atoms with Crippen LogP contribution >= 0.6 is 7.14 Å². The summed E-state index contributed by atoms with van der Waals surface area (Å²) in [4.78, 5) is 14.1. The largest absolute Gasteiger partial charge is 0.309 e. The highest BCUT2D eigenvalue weighted by Crippen LogP contribution is 2.46. The number of rotatable bonds is 8. The Balaban J connectivity index is 1.82. The van der Waals surface area contributed by atoms with E-state index >= 15 is 4.57 Å². The van der Waals surface area contributed by atoms with Crippen molar-refractivity contribution in [3.8, 4) is 0 Å². The molecule has 0 spiro atoms. The Morgan fingerprint density at radius 3 is 1.62 bits per heavy atom. The minimum absolute atomic E-state index is 0.0337. The lowest BCUT2D eigenvalue weighted by atomic mass is 10.0. The predicted molar refractivity (Wildman–Crippen MR) is 158 cm³/mol. The zero-order valence-corrected chi connectivity index (χ0v) is 23.1. The van der Waals surface area contributed by atoms with Crippen molar-refractivity contribution in [3.63, 3.8) is 0 Å². The van der Waals surface area contributed by atoms with Crippen LogP contribution in [0.1, 0.15) is 26.7 Å². The molecule has 194 valence electrons. The van der Waals surface area contributed by atoms with Crippen molar-refractivity contribution in [1.29, 1.82) is 0 Å². The number of hydrogen-bond acceptors (Lipinski definition) is 4. The Morgan fingerprint density at radius 2 is 1.08 bits per heavy atom. The lowest BCUT2D eigenvalue weighted by Crippen LogP contribution is -2.32. The first-order chi connectivity index (χ1) is 18.8. The average Bonchev–Trinajstić information content (AvgIpc) is 2.98. The molecular weight excluding hydrogens is 523 g/mol. The van der Waals surface area contributed by atoms with Gasteiger partial charge in [0.1, 0.15) is 0 Å². The molecular formula is C33H27O4PS. The summed E-state index contributed by atoms with van der Waals surface area (Å²) < 4.78 is 43.9. The van der Waals surface area contributed by atoms with Crippen LogP contribution in [0.5, 0.6) is 0 Å². The summed E-state index contributed by atoms with van der Waals surface area (Å²) in [6, 6.07) is 39.6. The molecule has 0 radical (unpaired) electrons. The molecule has 39 heavy (non-hydrogen) atoms. The molecule has 0 aliphatic carbocycles. The summed E-state index contributed by atoms with van der Waals surface area (Å²) in [6.07, 6.45) is 0. The molecule has 0 saturated carbocycles. The minimum atomic E-state index is -4.24. The van der Waals surface area contributed by atoms with Crippen LogP contribution in [0.25, 0.3) is 0 Å². The fraction of sp³-hybridized carbons (Fsp3) is 0.0606. The summed E-state index contributed by atoms with van der Waals surface area (Å²) in [5, 5.41) is -0.156. The van der Waals surface area contributed by atoms with Gasteiger partial charge in [0.25, 0.3) is 0 Å². The van der Waals surface area contributed by atoms with Crippen LogP contribution in [0.4, 0.5) is 0 Å². The minimum Gasteiger partial charge on any atom is -0.309 e. The number of hydrogen-bond donors (Lipinski definition) is 0. The summed E-state index contributed by atoms with van der Waals surface area (Å²) in [5.41, 5.74) is 1.38. The molecule has 0 saturated heterocycles. The Kier molecular flexibility index (Phi) is 7.47. The molecule has 0 bridgehead atoms. The van der Waals surface area contributed by atoms with Crippen molar-refractivity contribution >= 4 is 38.7 Å². The number of ketones is 1. The van der Waals surface area contributed by atoms with Crippen molar-refractivity contribution in [1.82, 2.24) is 0 Å². The second kappa shape index (κ2) is 11.0. The average molecular weight is 551 g/mol. The van der Waals surface area contributed by atoms with Crippen LogP contribution in [0, 0.1) is 6.92 Å². The fourth-order valence-electron chi connectivity index (χ4n) is 4.77. The van der Waals surface area contributed by atoms with Crippen molar-refractivity contribution in [2.24, 2.45) is 0 Å². The first kappa shape index (κ1) is 26.6. The van der Waals surface area contributed by atoms with Crippen LogP contribution in [0.3, 0.4) is 0 Å². The predicted octanol–water partition coefficient (Wildman–Crippen LogP) is 6.03. The molecule has 0 fully saturated rings. The van der Waals surface area contributed by atoms with E-state index < -0.39 is 28.0 Å². The van der Waals surface area contributed by atoms with E-state index in [1.54, 1.807) is 91.0 Å². The van der Waals surface area contributed by atoms with Gasteiger partial charge in [-0.25, -0.2) is 8.42 Å². The molecule has 4 nitrogen and oxygen atoms in total. The number of carbonyl (C=O) groups excluding carboxylic acids is 1. The van der Waals surface area contributed by atoms with Crippen molar-refractivity contribution in [2.45, 2.75) is 17.1 Å². The summed E-state index contributed by atoms with van der Waals surface area (Å²) >= 11 is 0. The number of Topliss-reactive ketones (excluding diaryl/α,β-unsaturated/α-hetero) is 1. The standard InChI is InChI=1S/C33H27O4PS/c1-25-21-23-29(24-22-25)39(36,37)33(32(34)26-13-5-2-6-14-26)30-19-11-12-20-31(30)38(35,27-15-7-3-8-16-27)28-17-9-4-10-18-28/h2-24,33H,1H3. The Hall–Kier alpha value is -4.05. The Morgan fingerprint density at radius 1 is 0.615 bits per heavy atom. The molecule has 5 rings (SSSR count). The van der Waals surface area contributed by atoms with Crippen LogP contribution in [0.2, 0.25) is 0 Å². The van der Waals surface area contributed by atoms with Gasteiger partial charge in [0, 0.05) is 21.5 Å². The maximum absolute atomic E-state index is 15.3. The second-order valence-electron chi connectivity index (χ2n) is 9.31. The molecule has 6 heteroatoms. The molecule has 0 amide bonds. The van der Waals surface area contributed by atoms with Gasteiger partial charge in [-0.3, -0.25) is 4.79 Å². The van der Waals surface area contributed by atoms with Gasteiger partial charge in [0.15, 0.2) is 28.0 Å². The van der Waals surface area contributed by atoms with Gasteiger partial charge in [-0.15, -0.1) is 0 Å². The third-order valence-corrected chi connectivity index (χ3v) is 11.9. The number of sulfone groups is 1. The van der Waals surface area contributed by atoms with Gasteiger partial charge in [-0.1, -0.05) is 133 Å². The highest BCUT2D eigenvalue weighted by molar-refractivity contribution is 7.92. The van der Waals surface area contributed by atoms with Gasteiger partial charge >= 0.3 is 0 Å². The van der Waals surface area contributed by atoms with Crippen LogP contribution in [-0.4, -0.2) is 14.2 Å². The van der Waals surface area contributed by atoms with Gasteiger partial charge < -0.3 is 4.57 Å². The zero-order valence-electron chi connectivity index (χ0n) is 21.3. The molecule has 0 aromatic heterocycles. The first-order valence-electron chi connectivity index (χ1n) is 12.5. The molecule has 5 aromatic rings. The third kappa shape index (κ3) is 5.04. The molecule has 1 atom stereocenters. The van der Waals surface area contributed by atoms with Crippen molar-refractivity contribution in [3.05, 3.63) is 156 Å². The lowest BCUT2D eigenvalue weighted by molar-refractivity contribution is 0.0987. The molecule has 5 aromatic carbocycles. The fourth-order valence-corrected chi connectivity index (χ4v) is 9.50. The smallest absolute Gasteiger partial charge is 0.192 e. The van der Waals surface area contributed by atoms with E-state index in [-0.39, 0.29) is 16.0 Å². The number of benzene rings is 5. The maximum Gasteiger partial charge on any atom is 0.192 e. The van der Waals surface area contributed by atoms with Gasteiger partial charge in [0.2, 0.25) is 0 Å². The van der Waals surface area contributed by atoms with Crippen LogP contribution in [0.15, 0.2) is 144 Å². The SMILES string of the molecule is Cc1ccc(S(=O)(=O)C(C(=O)c2ccccc2)c2ccccc2P(=O)(c2ccccc2)c2ccccc2)cc1. The summed E-state index contributed by atoms with van der Waals surface area (Å²) in [7, 11) is -7.82. The van der Waals surface area contributed by atoms with Crippen molar-refractivity contribution in [2.75, 3.05) is 0 Å². The number of carbonyl (C=O) groups is 1. The van der Waals surface area contributed by atoms with E-state index in [2.05, 4.69) is 0 Å². The normalized spacial score (nSPS) is 12.5. The van der Waals surface area contributed by atoms with Crippen LogP contribution < -0.4 is 15.9 Å².